The summed E-state index contributed by atoms with van der Waals surface area (Å²) in [6.07, 6.45) is 2.37. The van der Waals surface area contributed by atoms with Crippen LogP contribution in [0, 0.1) is 12.8 Å². The molecule has 0 aliphatic carbocycles. The largest absolute Gasteiger partial charge is 0.341 e. The molecule has 0 radical (unpaired) electrons. The van der Waals surface area contributed by atoms with Gasteiger partial charge in [-0.15, -0.1) is 5.10 Å². The van der Waals surface area contributed by atoms with Crippen LogP contribution in [-0.2, 0) is 4.79 Å². The summed E-state index contributed by atoms with van der Waals surface area (Å²) in [7, 11) is 0. The molecule has 1 aromatic carbocycles. The van der Waals surface area contributed by atoms with Crippen LogP contribution < -0.4 is 0 Å². The van der Waals surface area contributed by atoms with E-state index in [0.717, 1.165) is 38.3 Å². The molecule has 2 fully saturated rings. The highest BCUT2D eigenvalue weighted by molar-refractivity contribution is 7.03. The second-order valence-corrected chi connectivity index (χ2v) is 8.84. The quantitative estimate of drug-likeness (QED) is 0.812. The SMILES string of the molecule is Cc1ccc([C@@H]2CN(CC(=O)N3CCCC(C)C3)C[C@H]2c2csnn2)cc1. The molecule has 27 heavy (non-hydrogen) atoms. The number of aromatic nitrogens is 2. The van der Waals surface area contributed by atoms with Gasteiger partial charge >= 0.3 is 0 Å². The first-order chi connectivity index (χ1) is 13.1. The summed E-state index contributed by atoms with van der Waals surface area (Å²) < 4.78 is 4.07. The zero-order valence-electron chi connectivity index (χ0n) is 16.2. The molecule has 2 aliphatic rings. The first-order valence-electron chi connectivity index (χ1n) is 9.94. The van der Waals surface area contributed by atoms with Crippen LogP contribution >= 0.6 is 11.5 Å². The van der Waals surface area contributed by atoms with Crippen LogP contribution in [0.4, 0.5) is 0 Å². The Morgan fingerprint density at radius 1 is 1.19 bits per heavy atom. The summed E-state index contributed by atoms with van der Waals surface area (Å²) in [5.74, 6) is 1.57. The van der Waals surface area contributed by atoms with Gasteiger partial charge in [-0.05, 0) is 42.8 Å². The molecule has 1 amide bonds. The minimum atomic E-state index is 0.279. The molecule has 1 unspecified atom stereocenters. The van der Waals surface area contributed by atoms with Gasteiger partial charge < -0.3 is 4.90 Å². The second kappa shape index (κ2) is 8.07. The highest BCUT2D eigenvalue weighted by Gasteiger charge is 2.37. The van der Waals surface area contributed by atoms with E-state index in [1.54, 1.807) is 0 Å². The van der Waals surface area contributed by atoms with Crippen molar-refractivity contribution >= 4 is 17.4 Å². The van der Waals surface area contributed by atoms with Gasteiger partial charge in [-0.1, -0.05) is 41.2 Å². The minimum Gasteiger partial charge on any atom is -0.341 e. The fraction of sp³-hybridized carbons (Fsp3) is 0.571. The smallest absolute Gasteiger partial charge is 0.236 e. The Labute approximate surface area is 165 Å². The highest BCUT2D eigenvalue weighted by Crippen LogP contribution is 2.39. The van der Waals surface area contributed by atoms with E-state index in [1.165, 1.54) is 29.1 Å². The van der Waals surface area contributed by atoms with Crippen LogP contribution in [0.15, 0.2) is 29.6 Å². The summed E-state index contributed by atoms with van der Waals surface area (Å²) in [5.41, 5.74) is 3.67. The Hall–Kier alpha value is -1.79. The van der Waals surface area contributed by atoms with Crippen molar-refractivity contribution in [2.45, 2.75) is 38.5 Å². The van der Waals surface area contributed by atoms with E-state index in [0.29, 0.717) is 24.3 Å². The molecule has 2 aromatic rings. The van der Waals surface area contributed by atoms with E-state index in [-0.39, 0.29) is 5.91 Å². The monoisotopic (exact) mass is 384 g/mol. The van der Waals surface area contributed by atoms with Crippen molar-refractivity contribution in [3.05, 3.63) is 46.5 Å². The van der Waals surface area contributed by atoms with Gasteiger partial charge in [-0.25, -0.2) is 0 Å². The number of nitrogens with zero attached hydrogens (tertiary/aromatic N) is 4. The molecule has 0 N–H and O–H groups in total. The second-order valence-electron chi connectivity index (χ2n) is 8.23. The van der Waals surface area contributed by atoms with E-state index in [2.05, 4.69) is 62.9 Å². The molecule has 3 atom stereocenters. The number of benzene rings is 1. The lowest BCUT2D eigenvalue weighted by Crippen LogP contribution is -2.44. The molecule has 0 saturated carbocycles. The number of amides is 1. The standard InChI is InChI=1S/C21H28N4OS/c1-15-5-7-17(8-6-15)18-11-24(12-19(18)20-14-27-23-22-20)13-21(26)25-9-3-4-16(2)10-25/h5-8,14,16,18-19H,3-4,9-13H2,1-2H3/t16?,18-,19+/m0/s1. The number of likely N-dealkylation sites (tertiary alicyclic amines) is 2. The highest BCUT2D eigenvalue weighted by atomic mass is 32.1. The Balaban J connectivity index is 1.48. The van der Waals surface area contributed by atoms with E-state index in [9.17, 15) is 4.79 Å². The first kappa shape index (κ1) is 18.6. The number of aryl methyl sites for hydroxylation is 1. The molecule has 2 saturated heterocycles. The molecule has 6 heteroatoms. The van der Waals surface area contributed by atoms with Gasteiger partial charge in [-0.3, -0.25) is 9.69 Å². The summed E-state index contributed by atoms with van der Waals surface area (Å²) in [4.78, 5) is 17.2. The van der Waals surface area contributed by atoms with E-state index in [1.807, 2.05) is 0 Å². The molecule has 0 spiro atoms. The van der Waals surface area contributed by atoms with Crippen molar-refractivity contribution in [1.29, 1.82) is 0 Å². The predicted molar refractivity (Wildman–Crippen MR) is 108 cm³/mol. The zero-order valence-corrected chi connectivity index (χ0v) is 17.0. The maximum Gasteiger partial charge on any atom is 0.236 e. The van der Waals surface area contributed by atoms with Gasteiger partial charge in [0.05, 0.1) is 12.2 Å². The maximum absolute atomic E-state index is 12.8. The first-order valence-corrected chi connectivity index (χ1v) is 10.8. The van der Waals surface area contributed by atoms with Gasteiger partial charge in [0.2, 0.25) is 5.91 Å². The van der Waals surface area contributed by atoms with Gasteiger partial charge in [0, 0.05) is 43.4 Å². The molecule has 3 heterocycles. The summed E-state index contributed by atoms with van der Waals surface area (Å²) in [6.45, 7) is 8.48. The molecular weight excluding hydrogens is 356 g/mol. The van der Waals surface area contributed by atoms with E-state index < -0.39 is 0 Å². The van der Waals surface area contributed by atoms with E-state index in [4.69, 9.17) is 0 Å². The zero-order chi connectivity index (χ0) is 18.8. The van der Waals surface area contributed by atoms with Crippen LogP contribution in [0.2, 0.25) is 0 Å². The predicted octanol–water partition coefficient (Wildman–Crippen LogP) is 3.29. The summed E-state index contributed by atoms with van der Waals surface area (Å²) in [6, 6.07) is 8.80. The molecule has 5 nitrogen and oxygen atoms in total. The third-order valence-electron chi connectivity index (χ3n) is 6.03. The molecule has 144 valence electrons. The van der Waals surface area contributed by atoms with Gasteiger partial charge in [0.1, 0.15) is 0 Å². The van der Waals surface area contributed by atoms with Crippen molar-refractivity contribution in [3.8, 4) is 0 Å². The fourth-order valence-electron chi connectivity index (χ4n) is 4.51. The van der Waals surface area contributed by atoms with Crippen molar-refractivity contribution in [2.24, 2.45) is 5.92 Å². The molecule has 2 aliphatic heterocycles. The van der Waals surface area contributed by atoms with Gasteiger partial charge in [-0.2, -0.15) is 0 Å². The number of carbonyl (C=O) groups is 1. The lowest BCUT2D eigenvalue weighted by Gasteiger charge is -2.32. The van der Waals surface area contributed by atoms with Crippen LogP contribution in [0.25, 0.3) is 0 Å². The van der Waals surface area contributed by atoms with Gasteiger partial charge in [0.15, 0.2) is 0 Å². The molecule has 4 rings (SSSR count). The van der Waals surface area contributed by atoms with Crippen molar-refractivity contribution < 1.29 is 4.79 Å². The third-order valence-corrected chi connectivity index (χ3v) is 6.55. The normalized spacial score (nSPS) is 26.4. The lowest BCUT2D eigenvalue weighted by atomic mass is 9.87. The number of rotatable bonds is 4. The molecule has 1 aromatic heterocycles. The van der Waals surface area contributed by atoms with Crippen molar-refractivity contribution in [2.75, 3.05) is 32.7 Å². The van der Waals surface area contributed by atoms with Crippen LogP contribution in [0.3, 0.4) is 0 Å². The Morgan fingerprint density at radius 3 is 2.67 bits per heavy atom. The number of hydrogen-bond donors (Lipinski definition) is 0. The topological polar surface area (TPSA) is 49.3 Å². The minimum absolute atomic E-state index is 0.279. The number of hydrogen-bond acceptors (Lipinski definition) is 5. The van der Waals surface area contributed by atoms with Crippen molar-refractivity contribution in [1.82, 2.24) is 19.4 Å². The average Bonchev–Trinajstić information content (AvgIpc) is 3.32. The molecular formula is C21H28N4OS. The number of piperidine rings is 1. The maximum atomic E-state index is 12.8. The van der Waals surface area contributed by atoms with Crippen LogP contribution in [0.1, 0.15) is 48.4 Å². The fourth-order valence-corrected chi connectivity index (χ4v) is 5.02. The van der Waals surface area contributed by atoms with Crippen LogP contribution in [0.5, 0.6) is 0 Å². The number of carbonyl (C=O) groups excluding carboxylic acids is 1. The third kappa shape index (κ3) is 4.22. The molecule has 0 bridgehead atoms. The lowest BCUT2D eigenvalue weighted by molar-refractivity contribution is -0.133. The Kier molecular flexibility index (Phi) is 5.55. The Bertz CT molecular complexity index is 761. The van der Waals surface area contributed by atoms with Crippen LogP contribution in [-0.4, -0.2) is 58.0 Å². The Morgan fingerprint density at radius 2 is 1.96 bits per heavy atom. The van der Waals surface area contributed by atoms with Gasteiger partial charge in [0.25, 0.3) is 0 Å². The average molecular weight is 385 g/mol. The van der Waals surface area contributed by atoms with E-state index >= 15 is 0 Å². The summed E-state index contributed by atoms with van der Waals surface area (Å²) >= 11 is 1.41. The summed E-state index contributed by atoms with van der Waals surface area (Å²) in [5, 5.41) is 6.41. The van der Waals surface area contributed by atoms with Crippen molar-refractivity contribution in [3.63, 3.8) is 0 Å².